The van der Waals surface area contributed by atoms with Gasteiger partial charge in [0.1, 0.15) is 19.8 Å². The molecule has 0 aliphatic carbocycles. The fourth-order valence-corrected chi connectivity index (χ4v) is 2.50. The molecule has 0 saturated carbocycles. The van der Waals surface area contributed by atoms with Crippen molar-refractivity contribution >= 4 is 0 Å². The van der Waals surface area contributed by atoms with Crippen LogP contribution in [0.3, 0.4) is 0 Å². The van der Waals surface area contributed by atoms with Gasteiger partial charge in [-0.1, -0.05) is 0 Å². The largest absolute Gasteiger partial charge is 0.394 e. The highest BCUT2D eigenvalue weighted by Gasteiger charge is 2.38. The first kappa shape index (κ1) is 20.4. The minimum atomic E-state index is -0.102. The first-order valence-electron chi connectivity index (χ1n) is 9.46. The highest BCUT2D eigenvalue weighted by Crippen LogP contribution is 2.22. The second-order valence-electron chi connectivity index (χ2n) is 7.17. The molecular formula is C17H32NO8+. The molecule has 4 unspecified atom stereocenters. The summed E-state index contributed by atoms with van der Waals surface area (Å²) in [6.07, 6.45) is 2.57. The Labute approximate surface area is 154 Å². The molecule has 0 amide bonds. The van der Waals surface area contributed by atoms with Crippen molar-refractivity contribution in [2.45, 2.75) is 51.2 Å². The van der Waals surface area contributed by atoms with Crippen LogP contribution in [-0.2, 0) is 33.2 Å². The third kappa shape index (κ3) is 8.12. The number of unbranched alkanes of at least 4 members (excludes halogenated alkanes) is 2. The molecule has 0 radical (unpaired) electrons. The van der Waals surface area contributed by atoms with E-state index in [0.29, 0.717) is 51.1 Å². The van der Waals surface area contributed by atoms with Crippen LogP contribution in [0.2, 0.25) is 0 Å². The van der Waals surface area contributed by atoms with E-state index in [1.54, 1.807) is 0 Å². The summed E-state index contributed by atoms with van der Waals surface area (Å²) in [5.41, 5.74) is 0. The van der Waals surface area contributed by atoms with E-state index in [1.165, 1.54) is 0 Å². The van der Waals surface area contributed by atoms with Gasteiger partial charge in [0, 0.05) is 6.61 Å². The van der Waals surface area contributed by atoms with Crippen LogP contribution in [0.1, 0.15) is 26.2 Å². The van der Waals surface area contributed by atoms with Crippen LogP contribution in [-0.4, -0.2) is 94.3 Å². The summed E-state index contributed by atoms with van der Waals surface area (Å²) in [5, 5.41) is 8.97. The predicted octanol–water partition coefficient (Wildman–Crippen LogP) is 0.362. The van der Waals surface area contributed by atoms with Crippen LogP contribution in [0, 0.1) is 0 Å². The fourth-order valence-electron chi connectivity index (χ4n) is 2.50. The zero-order valence-corrected chi connectivity index (χ0v) is 15.5. The number of hydrogen-bond acceptors (Lipinski definition) is 8. The Morgan fingerprint density at radius 3 is 1.81 bits per heavy atom. The van der Waals surface area contributed by atoms with Crippen LogP contribution in [0.15, 0.2) is 0 Å². The maximum Gasteiger partial charge on any atom is 0.189 e. The average Bonchev–Trinajstić information content (AvgIpc) is 3.50. The summed E-state index contributed by atoms with van der Waals surface area (Å²) in [6.45, 7) is 6.83. The van der Waals surface area contributed by atoms with Crippen molar-refractivity contribution in [1.29, 1.82) is 0 Å². The van der Waals surface area contributed by atoms with Gasteiger partial charge in [-0.2, -0.15) is 0 Å². The monoisotopic (exact) mass is 378 g/mol. The van der Waals surface area contributed by atoms with Crippen LogP contribution in [0.4, 0.5) is 0 Å². The third-order valence-corrected chi connectivity index (χ3v) is 4.45. The first-order valence-corrected chi connectivity index (χ1v) is 9.46. The first-order chi connectivity index (χ1) is 12.7. The highest BCUT2D eigenvalue weighted by molar-refractivity contribution is 4.57. The van der Waals surface area contributed by atoms with Crippen LogP contribution in [0.25, 0.3) is 0 Å². The van der Waals surface area contributed by atoms with Crippen molar-refractivity contribution in [3.63, 3.8) is 0 Å². The summed E-state index contributed by atoms with van der Waals surface area (Å²) in [6, 6.07) is 0. The van der Waals surface area contributed by atoms with E-state index < -0.39 is 0 Å². The second kappa shape index (κ2) is 10.3. The molecular weight excluding hydrogens is 346 g/mol. The van der Waals surface area contributed by atoms with E-state index in [4.69, 9.17) is 38.3 Å². The van der Waals surface area contributed by atoms with Gasteiger partial charge in [0.15, 0.2) is 39.1 Å². The van der Waals surface area contributed by atoms with E-state index in [2.05, 4.69) is 0 Å². The number of nitrogens with zero attached hydrogens (tertiary/aromatic N) is 1. The number of rotatable bonds is 17. The lowest BCUT2D eigenvalue weighted by Gasteiger charge is -2.36. The van der Waals surface area contributed by atoms with Gasteiger partial charge in [0.2, 0.25) is 0 Å². The van der Waals surface area contributed by atoms with Crippen LogP contribution < -0.4 is 0 Å². The quantitative estimate of drug-likeness (QED) is 0.168. The molecule has 1 N–H and O–H groups in total. The summed E-state index contributed by atoms with van der Waals surface area (Å²) in [5.74, 6) is 0. The molecule has 0 spiro atoms. The lowest BCUT2D eigenvalue weighted by Crippen LogP contribution is -2.53. The van der Waals surface area contributed by atoms with Gasteiger partial charge < -0.3 is 24.1 Å². The van der Waals surface area contributed by atoms with Crippen LogP contribution >= 0.6 is 0 Å². The SMILES string of the molecule is CC(CO)OCCCCC[N+](COC1CO1)(COC1CO1)COC1CO1. The van der Waals surface area contributed by atoms with Crippen molar-refractivity contribution < 1.29 is 42.7 Å². The van der Waals surface area contributed by atoms with E-state index in [-0.39, 0.29) is 31.6 Å². The van der Waals surface area contributed by atoms with E-state index in [1.807, 2.05) is 6.92 Å². The van der Waals surface area contributed by atoms with Gasteiger partial charge >= 0.3 is 0 Å². The Hall–Kier alpha value is -0.360. The number of hydrogen-bond donors (Lipinski definition) is 1. The van der Waals surface area contributed by atoms with Crippen molar-refractivity contribution in [2.75, 3.05) is 59.8 Å². The molecule has 3 aliphatic heterocycles. The number of ether oxygens (including phenoxy) is 7. The van der Waals surface area contributed by atoms with Gasteiger partial charge in [-0.25, -0.2) is 0 Å². The Balaban J connectivity index is 1.42. The molecule has 3 aliphatic rings. The van der Waals surface area contributed by atoms with E-state index >= 15 is 0 Å². The molecule has 3 saturated heterocycles. The van der Waals surface area contributed by atoms with Gasteiger partial charge in [0.05, 0.1) is 19.3 Å². The lowest BCUT2D eigenvalue weighted by atomic mass is 10.2. The lowest BCUT2D eigenvalue weighted by molar-refractivity contribution is -0.980. The normalized spacial score (nSPS) is 30.0. The Morgan fingerprint density at radius 2 is 1.38 bits per heavy atom. The van der Waals surface area contributed by atoms with Crippen molar-refractivity contribution in [3.8, 4) is 0 Å². The minimum Gasteiger partial charge on any atom is -0.394 e. The summed E-state index contributed by atoms with van der Waals surface area (Å²) in [4.78, 5) is 0. The van der Waals surface area contributed by atoms with E-state index in [9.17, 15) is 0 Å². The molecule has 3 fully saturated rings. The van der Waals surface area contributed by atoms with Crippen molar-refractivity contribution in [2.24, 2.45) is 0 Å². The molecule has 3 heterocycles. The van der Waals surface area contributed by atoms with Gasteiger partial charge in [-0.3, -0.25) is 18.7 Å². The van der Waals surface area contributed by atoms with Gasteiger partial charge in [0.25, 0.3) is 0 Å². The summed E-state index contributed by atoms with van der Waals surface area (Å²) < 4.78 is 39.0. The summed E-state index contributed by atoms with van der Waals surface area (Å²) in [7, 11) is 0. The Morgan fingerprint density at radius 1 is 0.885 bits per heavy atom. The fraction of sp³-hybridized carbons (Fsp3) is 1.00. The van der Waals surface area contributed by atoms with Crippen molar-refractivity contribution in [3.05, 3.63) is 0 Å². The standard InChI is InChI=1S/C17H32NO8/c1-14(7-19)20-6-4-2-3-5-18(11-24-15-8-21-15,12-25-16-9-22-16)13-26-17-10-23-17/h14-17,19H,2-13H2,1H3/q+1. The minimum absolute atomic E-state index is 0.0573. The molecule has 0 aromatic heterocycles. The highest BCUT2D eigenvalue weighted by atomic mass is 16.8. The van der Waals surface area contributed by atoms with Crippen LogP contribution in [0.5, 0.6) is 0 Å². The molecule has 152 valence electrons. The zero-order valence-electron chi connectivity index (χ0n) is 15.5. The maximum absolute atomic E-state index is 8.97. The third-order valence-electron chi connectivity index (χ3n) is 4.45. The zero-order chi connectivity index (χ0) is 18.2. The van der Waals surface area contributed by atoms with Crippen molar-refractivity contribution in [1.82, 2.24) is 0 Å². The Kier molecular flexibility index (Phi) is 8.04. The predicted molar refractivity (Wildman–Crippen MR) is 88.6 cm³/mol. The molecule has 0 aromatic carbocycles. The maximum atomic E-state index is 8.97. The molecule has 3 rings (SSSR count). The molecule has 4 atom stereocenters. The molecule has 9 nitrogen and oxygen atoms in total. The second-order valence-corrected chi connectivity index (χ2v) is 7.17. The number of aliphatic hydroxyl groups excluding tert-OH is 1. The number of quaternary nitrogens is 1. The number of aliphatic hydroxyl groups is 1. The smallest absolute Gasteiger partial charge is 0.189 e. The number of epoxide rings is 3. The van der Waals surface area contributed by atoms with Gasteiger partial charge in [-0.15, -0.1) is 0 Å². The molecule has 0 aromatic rings. The molecule has 0 bridgehead atoms. The van der Waals surface area contributed by atoms with E-state index in [0.717, 1.165) is 25.8 Å². The molecule has 9 heteroatoms. The average molecular weight is 378 g/mol. The topological polar surface area (TPSA) is 94.7 Å². The molecule has 26 heavy (non-hydrogen) atoms. The Bertz CT molecular complexity index is 359. The summed E-state index contributed by atoms with van der Waals surface area (Å²) >= 11 is 0. The van der Waals surface area contributed by atoms with Gasteiger partial charge in [-0.05, 0) is 26.2 Å².